The minimum atomic E-state index is -0.671. The number of rotatable bonds is 6. The third-order valence-electron chi connectivity index (χ3n) is 4.01. The minimum absolute atomic E-state index is 0.181. The van der Waals surface area contributed by atoms with E-state index < -0.39 is 5.60 Å². The topological polar surface area (TPSA) is 32.3 Å². The molecule has 0 amide bonds. The van der Waals surface area contributed by atoms with Crippen molar-refractivity contribution in [2.24, 2.45) is 0 Å². The van der Waals surface area contributed by atoms with Gasteiger partial charge < -0.3 is 10.4 Å². The zero-order valence-electron chi connectivity index (χ0n) is 12.2. The number of nitrogens with one attached hydrogen (secondary N) is 1. The molecule has 0 bridgehead atoms. The Bertz CT molecular complexity index is 421. The number of benzene rings is 1. The van der Waals surface area contributed by atoms with Gasteiger partial charge in [0.15, 0.2) is 0 Å². The molecule has 0 spiro atoms. The van der Waals surface area contributed by atoms with E-state index in [2.05, 4.69) is 5.32 Å². The molecule has 0 radical (unpaired) electrons. The monoisotopic (exact) mass is 297 g/mol. The molecule has 1 aliphatic carbocycles. The van der Waals surface area contributed by atoms with Crippen LogP contribution in [-0.2, 0) is 0 Å². The van der Waals surface area contributed by atoms with Crippen molar-refractivity contribution >= 4 is 11.8 Å². The second-order valence-electron chi connectivity index (χ2n) is 6.01. The summed E-state index contributed by atoms with van der Waals surface area (Å²) in [5, 5.41) is 13.7. The largest absolute Gasteiger partial charge is 0.388 e. The van der Waals surface area contributed by atoms with E-state index in [1.54, 1.807) is 11.8 Å². The van der Waals surface area contributed by atoms with Crippen LogP contribution in [0.25, 0.3) is 0 Å². The Balaban J connectivity index is 1.95. The van der Waals surface area contributed by atoms with Crippen LogP contribution in [0.15, 0.2) is 24.3 Å². The van der Waals surface area contributed by atoms with E-state index in [9.17, 15) is 9.50 Å². The lowest BCUT2D eigenvalue weighted by Gasteiger charge is -2.28. The Morgan fingerprint density at radius 1 is 1.35 bits per heavy atom. The van der Waals surface area contributed by atoms with Crippen molar-refractivity contribution in [2.75, 3.05) is 18.6 Å². The zero-order chi connectivity index (χ0) is 14.6. The second-order valence-corrected chi connectivity index (χ2v) is 6.87. The summed E-state index contributed by atoms with van der Waals surface area (Å²) >= 11 is 1.66. The molecule has 1 aromatic carbocycles. The Morgan fingerprint density at radius 2 is 2.05 bits per heavy atom. The van der Waals surface area contributed by atoms with Crippen molar-refractivity contribution in [3.8, 4) is 0 Å². The highest BCUT2D eigenvalue weighted by atomic mass is 32.2. The highest BCUT2D eigenvalue weighted by Crippen LogP contribution is 2.34. The van der Waals surface area contributed by atoms with Crippen LogP contribution in [0, 0.1) is 5.82 Å². The predicted molar refractivity (Wildman–Crippen MR) is 83.8 cm³/mol. The van der Waals surface area contributed by atoms with Crippen molar-refractivity contribution in [3.05, 3.63) is 35.6 Å². The van der Waals surface area contributed by atoms with Crippen LogP contribution in [0.5, 0.6) is 0 Å². The molecule has 2 nitrogen and oxygen atoms in total. The number of hydrogen-bond donors (Lipinski definition) is 2. The highest BCUT2D eigenvalue weighted by Gasteiger charge is 2.30. The molecule has 1 fully saturated rings. The lowest BCUT2D eigenvalue weighted by atomic mass is 9.93. The van der Waals surface area contributed by atoms with Crippen molar-refractivity contribution in [3.63, 3.8) is 0 Å². The van der Waals surface area contributed by atoms with Gasteiger partial charge in [0, 0.05) is 18.3 Å². The van der Waals surface area contributed by atoms with Crippen molar-refractivity contribution < 1.29 is 9.50 Å². The van der Waals surface area contributed by atoms with Crippen molar-refractivity contribution in [1.82, 2.24) is 5.32 Å². The lowest BCUT2D eigenvalue weighted by molar-refractivity contribution is 0.0809. The molecule has 0 aliphatic heterocycles. The number of hydrogen-bond acceptors (Lipinski definition) is 3. The first kappa shape index (κ1) is 15.8. The normalized spacial score (nSPS) is 25.6. The zero-order valence-corrected chi connectivity index (χ0v) is 13.0. The van der Waals surface area contributed by atoms with Crippen molar-refractivity contribution in [1.29, 1.82) is 0 Å². The van der Waals surface area contributed by atoms with Gasteiger partial charge in [0.2, 0.25) is 0 Å². The quantitative estimate of drug-likeness (QED) is 0.846. The maximum absolute atomic E-state index is 13.0. The van der Waals surface area contributed by atoms with Gasteiger partial charge in [0.1, 0.15) is 5.82 Å². The molecule has 112 valence electrons. The number of thioether (sulfide) groups is 1. The van der Waals surface area contributed by atoms with E-state index in [4.69, 9.17) is 0 Å². The predicted octanol–water partition coefficient (Wildman–Crippen LogP) is 3.17. The summed E-state index contributed by atoms with van der Waals surface area (Å²) < 4.78 is 13.0. The minimum Gasteiger partial charge on any atom is -0.388 e. The van der Waals surface area contributed by atoms with Gasteiger partial charge in [-0.05, 0) is 49.6 Å². The van der Waals surface area contributed by atoms with E-state index in [0.29, 0.717) is 18.5 Å². The summed E-state index contributed by atoms with van der Waals surface area (Å²) in [5.41, 5.74) is 0.529. The fourth-order valence-electron chi connectivity index (χ4n) is 3.03. The standard InChI is InChI=1S/C16H24FNOS/c1-16(19,11-20-2)10-18-15-5-3-4-14(15)12-6-8-13(17)9-7-12/h6-9,14-15,18-19H,3-5,10-11H2,1-2H3. The molecule has 0 heterocycles. The third-order valence-corrected chi connectivity index (χ3v) is 4.93. The van der Waals surface area contributed by atoms with Crippen LogP contribution in [0.1, 0.15) is 37.7 Å². The molecule has 20 heavy (non-hydrogen) atoms. The molecule has 1 aliphatic rings. The summed E-state index contributed by atoms with van der Waals surface area (Å²) in [5.74, 6) is 0.980. The highest BCUT2D eigenvalue weighted by molar-refractivity contribution is 7.98. The lowest BCUT2D eigenvalue weighted by Crippen LogP contribution is -2.44. The van der Waals surface area contributed by atoms with Crippen LogP contribution < -0.4 is 5.32 Å². The van der Waals surface area contributed by atoms with Gasteiger partial charge in [-0.2, -0.15) is 11.8 Å². The van der Waals surface area contributed by atoms with Gasteiger partial charge in [-0.25, -0.2) is 4.39 Å². The SMILES string of the molecule is CSCC(C)(O)CNC1CCCC1c1ccc(F)cc1. The second kappa shape index (κ2) is 6.92. The van der Waals surface area contributed by atoms with Crippen molar-refractivity contribution in [2.45, 2.75) is 43.7 Å². The van der Waals surface area contributed by atoms with Crippen LogP contribution >= 0.6 is 11.8 Å². The molecule has 2 N–H and O–H groups in total. The molecule has 0 aromatic heterocycles. The molecule has 3 unspecified atom stereocenters. The first-order chi connectivity index (χ1) is 9.52. The number of halogens is 1. The summed E-state index contributed by atoms with van der Waals surface area (Å²) in [6.07, 6.45) is 5.45. The third kappa shape index (κ3) is 4.21. The van der Waals surface area contributed by atoms with Gasteiger partial charge in [-0.3, -0.25) is 0 Å². The van der Waals surface area contributed by atoms with E-state index in [-0.39, 0.29) is 5.82 Å². The first-order valence-corrected chi connectivity index (χ1v) is 8.61. The fraction of sp³-hybridized carbons (Fsp3) is 0.625. The molecular weight excluding hydrogens is 273 g/mol. The van der Waals surface area contributed by atoms with Crippen LogP contribution in [0.4, 0.5) is 4.39 Å². The van der Waals surface area contributed by atoms with E-state index >= 15 is 0 Å². The maximum Gasteiger partial charge on any atom is 0.123 e. The smallest absolute Gasteiger partial charge is 0.123 e. The summed E-state index contributed by atoms with van der Waals surface area (Å²) in [6, 6.07) is 7.23. The van der Waals surface area contributed by atoms with Crippen LogP contribution in [0.3, 0.4) is 0 Å². The molecule has 1 aromatic rings. The molecule has 3 atom stereocenters. The average Bonchev–Trinajstić information content (AvgIpc) is 2.86. The van der Waals surface area contributed by atoms with E-state index in [0.717, 1.165) is 18.6 Å². The Hall–Kier alpha value is -0.580. The molecule has 4 heteroatoms. The van der Waals surface area contributed by atoms with Gasteiger partial charge in [0.05, 0.1) is 5.60 Å². The molecular formula is C16H24FNOS. The van der Waals surface area contributed by atoms with Gasteiger partial charge in [-0.1, -0.05) is 18.6 Å². The molecule has 1 saturated carbocycles. The molecule has 2 rings (SSSR count). The summed E-state index contributed by atoms with van der Waals surface area (Å²) in [6.45, 7) is 2.48. The van der Waals surface area contributed by atoms with Crippen LogP contribution in [-0.4, -0.2) is 35.3 Å². The average molecular weight is 297 g/mol. The Labute approximate surface area is 125 Å². The number of aliphatic hydroxyl groups is 1. The van der Waals surface area contributed by atoms with Gasteiger partial charge in [0.25, 0.3) is 0 Å². The maximum atomic E-state index is 13.0. The summed E-state index contributed by atoms with van der Waals surface area (Å²) in [4.78, 5) is 0. The Kier molecular flexibility index (Phi) is 5.47. The first-order valence-electron chi connectivity index (χ1n) is 7.22. The fourth-order valence-corrected chi connectivity index (χ4v) is 3.75. The molecule has 0 saturated heterocycles. The Morgan fingerprint density at radius 3 is 2.70 bits per heavy atom. The van der Waals surface area contributed by atoms with E-state index in [1.165, 1.54) is 24.1 Å². The van der Waals surface area contributed by atoms with Gasteiger partial charge >= 0.3 is 0 Å². The van der Waals surface area contributed by atoms with Gasteiger partial charge in [-0.15, -0.1) is 0 Å². The van der Waals surface area contributed by atoms with Crippen LogP contribution in [0.2, 0.25) is 0 Å². The summed E-state index contributed by atoms with van der Waals surface area (Å²) in [7, 11) is 0. The van der Waals surface area contributed by atoms with E-state index in [1.807, 2.05) is 25.3 Å².